The molecule has 0 spiro atoms. The Morgan fingerprint density at radius 3 is 2.34 bits per heavy atom. The van der Waals surface area contributed by atoms with E-state index in [0.717, 1.165) is 50.0 Å². The van der Waals surface area contributed by atoms with Gasteiger partial charge in [-0.15, -0.1) is 0 Å². The molecule has 1 fully saturated rings. The number of nitrogens with zero attached hydrogens (tertiary/aromatic N) is 3. The molecule has 0 saturated carbocycles. The number of benzene rings is 3. The van der Waals surface area contributed by atoms with Crippen molar-refractivity contribution in [2.24, 2.45) is 0 Å². The van der Waals surface area contributed by atoms with Crippen LogP contribution in [0.1, 0.15) is 45.5 Å². The van der Waals surface area contributed by atoms with Gasteiger partial charge in [-0.2, -0.15) is 0 Å². The Kier molecular flexibility index (Phi) is 6.18. The monoisotopic (exact) mass is 470 g/mol. The molecule has 0 atom stereocenters. The highest BCUT2D eigenvalue weighted by Crippen LogP contribution is 2.30. The Morgan fingerprint density at radius 2 is 1.60 bits per heavy atom. The fraction of sp³-hybridized carbons (Fsp3) is 0.259. The number of carbonyl (C=O) groups is 2. The third-order valence-corrected chi connectivity index (χ3v) is 6.65. The third-order valence-electron chi connectivity index (χ3n) is 6.65. The summed E-state index contributed by atoms with van der Waals surface area (Å²) in [6.45, 7) is 2.27. The van der Waals surface area contributed by atoms with Gasteiger partial charge in [0.15, 0.2) is 0 Å². The molecule has 8 heteroatoms. The van der Waals surface area contributed by atoms with Crippen LogP contribution in [0.2, 0.25) is 0 Å². The van der Waals surface area contributed by atoms with Crippen molar-refractivity contribution in [3.8, 4) is 0 Å². The number of hydrogen-bond acceptors (Lipinski definition) is 5. The van der Waals surface area contributed by atoms with E-state index in [1.165, 1.54) is 12.1 Å². The number of para-hydroxylation sites is 1. The second-order valence-corrected chi connectivity index (χ2v) is 8.87. The van der Waals surface area contributed by atoms with Crippen molar-refractivity contribution in [2.45, 2.75) is 25.7 Å². The Labute approximate surface area is 203 Å². The van der Waals surface area contributed by atoms with Crippen molar-refractivity contribution in [2.75, 3.05) is 34.8 Å². The van der Waals surface area contributed by atoms with E-state index < -0.39 is 10.8 Å². The lowest BCUT2D eigenvalue weighted by molar-refractivity contribution is -0.384. The topological polar surface area (TPSA) is 95.8 Å². The number of nitrogens with one attached hydrogen (secondary N) is 1. The number of piperidine rings is 1. The molecule has 2 heterocycles. The molecule has 1 saturated heterocycles. The van der Waals surface area contributed by atoms with Crippen LogP contribution in [-0.2, 0) is 6.42 Å². The number of fused-ring (bicyclic) bond motifs is 1. The summed E-state index contributed by atoms with van der Waals surface area (Å²) >= 11 is 0. The molecule has 0 aliphatic carbocycles. The van der Waals surface area contributed by atoms with Gasteiger partial charge in [0.2, 0.25) is 0 Å². The highest BCUT2D eigenvalue weighted by molar-refractivity contribution is 6.10. The predicted octanol–water partition coefficient (Wildman–Crippen LogP) is 5.04. The van der Waals surface area contributed by atoms with Crippen molar-refractivity contribution in [1.29, 1.82) is 0 Å². The summed E-state index contributed by atoms with van der Waals surface area (Å²) in [6.07, 6.45) is 4.02. The lowest BCUT2D eigenvalue weighted by Gasteiger charge is -2.30. The van der Waals surface area contributed by atoms with Crippen molar-refractivity contribution >= 4 is 34.6 Å². The Hall–Kier alpha value is -4.20. The fourth-order valence-corrected chi connectivity index (χ4v) is 4.83. The Bertz CT molecular complexity index is 1280. The number of hydrogen-bond donors (Lipinski definition) is 1. The first-order valence-electron chi connectivity index (χ1n) is 11.9. The van der Waals surface area contributed by atoms with Crippen LogP contribution in [0.25, 0.3) is 0 Å². The summed E-state index contributed by atoms with van der Waals surface area (Å²) < 4.78 is 0. The summed E-state index contributed by atoms with van der Waals surface area (Å²) in [7, 11) is 0. The fourth-order valence-electron chi connectivity index (χ4n) is 4.83. The summed E-state index contributed by atoms with van der Waals surface area (Å²) in [6, 6.07) is 19.1. The average Bonchev–Trinajstić information content (AvgIpc) is 3.33. The molecule has 8 nitrogen and oxygen atoms in total. The number of nitro benzene ring substituents is 1. The van der Waals surface area contributed by atoms with Gasteiger partial charge >= 0.3 is 0 Å². The number of non-ortho nitro benzene ring substituents is 1. The van der Waals surface area contributed by atoms with E-state index in [2.05, 4.69) is 10.2 Å². The molecule has 2 aliphatic rings. The van der Waals surface area contributed by atoms with Crippen LogP contribution < -0.4 is 15.1 Å². The van der Waals surface area contributed by atoms with Crippen LogP contribution in [0.4, 0.5) is 22.7 Å². The molecule has 35 heavy (non-hydrogen) atoms. The minimum Gasteiger partial charge on any atom is -0.371 e. The number of anilines is 3. The first-order chi connectivity index (χ1) is 17.0. The lowest BCUT2D eigenvalue weighted by Crippen LogP contribution is -2.31. The maximum atomic E-state index is 13.2. The molecule has 178 valence electrons. The SMILES string of the molecule is O=C(Nc1ccc(C(=O)N2CCc3ccccc32)cc1)c1cc([N+](=O)[O-])ccc1N1CCCCC1. The first kappa shape index (κ1) is 22.6. The van der Waals surface area contributed by atoms with Gasteiger partial charge in [0.25, 0.3) is 17.5 Å². The minimum absolute atomic E-state index is 0.0844. The highest BCUT2D eigenvalue weighted by Gasteiger charge is 2.25. The van der Waals surface area contributed by atoms with Crippen molar-refractivity contribution < 1.29 is 14.5 Å². The molecule has 2 aliphatic heterocycles. The van der Waals surface area contributed by atoms with Gasteiger partial charge in [-0.25, -0.2) is 0 Å². The second-order valence-electron chi connectivity index (χ2n) is 8.87. The van der Waals surface area contributed by atoms with Gasteiger partial charge in [0.1, 0.15) is 0 Å². The molecule has 1 N–H and O–H groups in total. The van der Waals surface area contributed by atoms with Gasteiger partial charge < -0.3 is 15.1 Å². The van der Waals surface area contributed by atoms with Gasteiger partial charge in [0.05, 0.1) is 16.2 Å². The normalized spacial score (nSPS) is 15.0. The molecule has 2 amide bonds. The van der Waals surface area contributed by atoms with Crippen LogP contribution in [0.15, 0.2) is 66.7 Å². The van der Waals surface area contributed by atoms with Gasteiger partial charge in [-0.05, 0) is 67.6 Å². The lowest BCUT2D eigenvalue weighted by atomic mass is 10.1. The predicted molar refractivity (Wildman–Crippen MR) is 135 cm³/mol. The Balaban J connectivity index is 1.34. The van der Waals surface area contributed by atoms with Crippen LogP contribution >= 0.6 is 0 Å². The maximum absolute atomic E-state index is 13.2. The van der Waals surface area contributed by atoms with Gasteiger partial charge in [-0.3, -0.25) is 19.7 Å². The molecule has 0 bridgehead atoms. The van der Waals surface area contributed by atoms with E-state index in [0.29, 0.717) is 23.5 Å². The minimum atomic E-state index is -0.492. The van der Waals surface area contributed by atoms with Gasteiger partial charge in [-0.1, -0.05) is 18.2 Å². The standard InChI is InChI=1S/C27H26N4O4/c32-26(23-18-22(31(34)35)12-13-25(23)29-15-4-1-5-16-29)28-21-10-8-20(9-11-21)27(33)30-17-14-19-6-2-3-7-24(19)30/h2-3,6-13,18H,1,4-5,14-17H2,(H,28,32). The molecule has 3 aromatic carbocycles. The van der Waals surface area contributed by atoms with Crippen molar-refractivity contribution in [1.82, 2.24) is 0 Å². The smallest absolute Gasteiger partial charge is 0.270 e. The number of carbonyl (C=O) groups excluding carboxylic acids is 2. The summed E-state index contributed by atoms with van der Waals surface area (Å²) in [5.41, 5.74) is 4.00. The Morgan fingerprint density at radius 1 is 0.857 bits per heavy atom. The largest absolute Gasteiger partial charge is 0.371 e. The van der Waals surface area contributed by atoms with Crippen molar-refractivity contribution in [3.63, 3.8) is 0 Å². The zero-order valence-electron chi connectivity index (χ0n) is 19.3. The quantitative estimate of drug-likeness (QED) is 0.416. The zero-order chi connectivity index (χ0) is 24.4. The summed E-state index contributed by atoms with van der Waals surface area (Å²) in [5, 5.41) is 14.2. The van der Waals surface area contributed by atoms with Crippen LogP contribution in [-0.4, -0.2) is 36.4 Å². The molecular formula is C27H26N4O4. The second kappa shape index (κ2) is 9.58. The number of amides is 2. The molecule has 3 aromatic rings. The summed E-state index contributed by atoms with van der Waals surface area (Å²) in [4.78, 5) is 41.0. The van der Waals surface area contributed by atoms with E-state index in [1.807, 2.05) is 24.3 Å². The zero-order valence-corrected chi connectivity index (χ0v) is 19.3. The molecule has 0 unspecified atom stereocenters. The van der Waals surface area contributed by atoms with E-state index in [1.54, 1.807) is 35.2 Å². The van der Waals surface area contributed by atoms with E-state index >= 15 is 0 Å². The van der Waals surface area contributed by atoms with E-state index in [-0.39, 0.29) is 17.2 Å². The first-order valence-corrected chi connectivity index (χ1v) is 11.9. The molecular weight excluding hydrogens is 444 g/mol. The molecule has 0 radical (unpaired) electrons. The van der Waals surface area contributed by atoms with E-state index in [9.17, 15) is 19.7 Å². The van der Waals surface area contributed by atoms with Gasteiger partial charge in [0, 0.05) is 48.7 Å². The number of rotatable bonds is 5. The van der Waals surface area contributed by atoms with Crippen LogP contribution in [0, 0.1) is 10.1 Å². The third kappa shape index (κ3) is 4.59. The number of nitro groups is 1. The average molecular weight is 471 g/mol. The van der Waals surface area contributed by atoms with Crippen LogP contribution in [0.3, 0.4) is 0 Å². The van der Waals surface area contributed by atoms with Crippen LogP contribution in [0.5, 0.6) is 0 Å². The molecule has 5 rings (SSSR count). The molecule has 0 aromatic heterocycles. The van der Waals surface area contributed by atoms with E-state index in [4.69, 9.17) is 0 Å². The maximum Gasteiger partial charge on any atom is 0.270 e. The summed E-state index contributed by atoms with van der Waals surface area (Å²) in [5.74, 6) is -0.499. The highest BCUT2D eigenvalue weighted by atomic mass is 16.6. The van der Waals surface area contributed by atoms with Crippen molar-refractivity contribution in [3.05, 3.63) is 93.5 Å².